The van der Waals surface area contributed by atoms with Crippen LogP contribution in [-0.4, -0.2) is 42.5 Å². The summed E-state index contributed by atoms with van der Waals surface area (Å²) in [5.74, 6) is -0.173. The van der Waals surface area contributed by atoms with E-state index in [9.17, 15) is 4.79 Å². The highest BCUT2D eigenvalue weighted by atomic mass is 16.5. The van der Waals surface area contributed by atoms with E-state index in [0.29, 0.717) is 13.0 Å². The molecule has 0 bridgehead atoms. The van der Waals surface area contributed by atoms with Gasteiger partial charge in [0, 0.05) is 37.4 Å². The van der Waals surface area contributed by atoms with E-state index in [1.54, 1.807) is 12.1 Å². The number of carboxylic acids is 1. The molecule has 0 aliphatic carbocycles. The minimum Gasteiger partial charge on any atom is -0.493 e. The molecule has 0 heterocycles. The van der Waals surface area contributed by atoms with Crippen molar-refractivity contribution in [2.24, 2.45) is 0 Å². The molecule has 0 spiro atoms. The standard InChI is InChI=1S/C27H31NO4/c1-4-28(5-2)25-13-11-23(17-19(25)3)24-18-22(12-14-26(24)32-16-6-15-29)20-7-9-21(10-8-20)27(30)31/h7-14,17-18,29H,4-6,15-16H2,1-3H3,(H,30,31). The predicted octanol–water partition coefficient (Wildman–Crippen LogP) is 5.63. The van der Waals surface area contributed by atoms with Crippen LogP contribution in [0, 0.1) is 6.92 Å². The normalized spacial score (nSPS) is 10.8. The molecule has 0 atom stereocenters. The van der Waals surface area contributed by atoms with Gasteiger partial charge in [-0.25, -0.2) is 4.79 Å². The first-order valence-electron chi connectivity index (χ1n) is 11.1. The second kappa shape index (κ2) is 10.8. The Morgan fingerprint density at radius 1 is 0.906 bits per heavy atom. The van der Waals surface area contributed by atoms with Gasteiger partial charge in [0.2, 0.25) is 0 Å². The van der Waals surface area contributed by atoms with Crippen LogP contribution in [0.3, 0.4) is 0 Å². The van der Waals surface area contributed by atoms with Crippen LogP contribution in [-0.2, 0) is 0 Å². The fourth-order valence-electron chi connectivity index (χ4n) is 3.86. The maximum Gasteiger partial charge on any atom is 0.335 e. The number of aromatic carboxylic acids is 1. The predicted molar refractivity (Wildman–Crippen MR) is 130 cm³/mol. The monoisotopic (exact) mass is 433 g/mol. The van der Waals surface area contributed by atoms with Crippen LogP contribution in [0.2, 0.25) is 0 Å². The van der Waals surface area contributed by atoms with E-state index >= 15 is 0 Å². The van der Waals surface area contributed by atoms with Gasteiger partial charge in [0.25, 0.3) is 0 Å². The summed E-state index contributed by atoms with van der Waals surface area (Å²) in [5, 5.41) is 18.3. The topological polar surface area (TPSA) is 70.0 Å². The van der Waals surface area contributed by atoms with Crippen LogP contribution in [0.1, 0.15) is 36.2 Å². The van der Waals surface area contributed by atoms with E-state index in [2.05, 4.69) is 49.9 Å². The molecule has 5 nitrogen and oxygen atoms in total. The van der Waals surface area contributed by atoms with Crippen molar-refractivity contribution in [1.29, 1.82) is 0 Å². The Hall–Kier alpha value is -3.31. The summed E-state index contributed by atoms with van der Waals surface area (Å²) in [4.78, 5) is 13.5. The lowest BCUT2D eigenvalue weighted by Gasteiger charge is -2.24. The first kappa shape index (κ1) is 23.4. The van der Waals surface area contributed by atoms with Crippen molar-refractivity contribution in [3.05, 3.63) is 71.8 Å². The highest BCUT2D eigenvalue weighted by Gasteiger charge is 2.13. The Kier molecular flexibility index (Phi) is 7.90. The van der Waals surface area contributed by atoms with Gasteiger partial charge in [0.05, 0.1) is 12.2 Å². The van der Waals surface area contributed by atoms with Crippen LogP contribution in [0.4, 0.5) is 5.69 Å². The number of aryl methyl sites for hydroxylation is 1. The number of carbonyl (C=O) groups is 1. The second-order valence-corrected chi connectivity index (χ2v) is 7.69. The van der Waals surface area contributed by atoms with Crippen molar-refractivity contribution < 1.29 is 19.7 Å². The summed E-state index contributed by atoms with van der Waals surface area (Å²) in [6.45, 7) is 8.86. The van der Waals surface area contributed by atoms with Crippen molar-refractivity contribution in [2.45, 2.75) is 27.2 Å². The van der Waals surface area contributed by atoms with E-state index in [-0.39, 0.29) is 12.2 Å². The molecule has 3 rings (SSSR count). The molecule has 0 amide bonds. The molecule has 5 heteroatoms. The van der Waals surface area contributed by atoms with Gasteiger partial charge < -0.3 is 19.8 Å². The van der Waals surface area contributed by atoms with Crippen LogP contribution in [0.15, 0.2) is 60.7 Å². The van der Waals surface area contributed by atoms with Crippen molar-refractivity contribution in [3.8, 4) is 28.0 Å². The number of nitrogens with zero attached hydrogens (tertiary/aromatic N) is 1. The fraction of sp³-hybridized carbons (Fsp3) is 0.296. The zero-order valence-corrected chi connectivity index (χ0v) is 19.0. The molecule has 168 valence electrons. The summed E-state index contributed by atoms with van der Waals surface area (Å²) in [6, 6.07) is 19.3. The molecule has 0 saturated carbocycles. The summed E-state index contributed by atoms with van der Waals surface area (Å²) in [5.41, 5.74) is 6.64. The van der Waals surface area contributed by atoms with E-state index in [1.807, 2.05) is 24.3 Å². The largest absolute Gasteiger partial charge is 0.493 e. The second-order valence-electron chi connectivity index (χ2n) is 7.69. The van der Waals surface area contributed by atoms with Gasteiger partial charge in [-0.1, -0.05) is 24.3 Å². The summed E-state index contributed by atoms with van der Waals surface area (Å²) in [6.07, 6.45) is 0.567. The van der Waals surface area contributed by atoms with Crippen LogP contribution < -0.4 is 9.64 Å². The Morgan fingerprint density at radius 2 is 1.56 bits per heavy atom. The molecule has 0 radical (unpaired) electrons. The summed E-state index contributed by atoms with van der Waals surface area (Å²) < 4.78 is 5.99. The maximum absolute atomic E-state index is 11.2. The average molecular weight is 434 g/mol. The minimum atomic E-state index is -0.936. The number of rotatable bonds is 10. The van der Waals surface area contributed by atoms with Gasteiger partial charge in [-0.05, 0) is 79.4 Å². The minimum absolute atomic E-state index is 0.0843. The molecular weight excluding hydrogens is 402 g/mol. The van der Waals surface area contributed by atoms with Crippen molar-refractivity contribution in [1.82, 2.24) is 0 Å². The van der Waals surface area contributed by atoms with Crippen LogP contribution in [0.5, 0.6) is 5.75 Å². The first-order valence-corrected chi connectivity index (χ1v) is 11.1. The Balaban J connectivity index is 2.03. The Morgan fingerprint density at radius 3 is 2.16 bits per heavy atom. The third kappa shape index (κ3) is 5.29. The van der Waals surface area contributed by atoms with Gasteiger partial charge in [-0.3, -0.25) is 0 Å². The number of aliphatic hydroxyl groups is 1. The Bertz CT molecular complexity index is 1060. The van der Waals surface area contributed by atoms with Gasteiger partial charge in [-0.2, -0.15) is 0 Å². The number of ether oxygens (including phenoxy) is 1. The number of hydrogen-bond acceptors (Lipinski definition) is 4. The van der Waals surface area contributed by atoms with Gasteiger partial charge in [-0.15, -0.1) is 0 Å². The number of carboxylic acid groups (broad SMARTS) is 1. The van der Waals surface area contributed by atoms with Gasteiger partial charge in [0.15, 0.2) is 0 Å². The Labute approximate surface area is 189 Å². The lowest BCUT2D eigenvalue weighted by Crippen LogP contribution is -2.22. The summed E-state index contributed by atoms with van der Waals surface area (Å²) >= 11 is 0. The third-order valence-corrected chi connectivity index (χ3v) is 5.62. The zero-order valence-electron chi connectivity index (χ0n) is 19.0. The molecule has 0 aromatic heterocycles. The SMILES string of the molecule is CCN(CC)c1ccc(-c2cc(-c3ccc(C(=O)O)cc3)ccc2OCCCO)cc1C. The number of aliphatic hydroxyl groups excluding tert-OH is 1. The lowest BCUT2D eigenvalue weighted by atomic mass is 9.96. The summed E-state index contributed by atoms with van der Waals surface area (Å²) in [7, 11) is 0. The van der Waals surface area contributed by atoms with E-state index in [1.165, 1.54) is 11.3 Å². The van der Waals surface area contributed by atoms with Crippen molar-refractivity contribution in [2.75, 3.05) is 31.2 Å². The van der Waals surface area contributed by atoms with E-state index in [0.717, 1.165) is 41.1 Å². The third-order valence-electron chi connectivity index (χ3n) is 5.62. The van der Waals surface area contributed by atoms with E-state index < -0.39 is 5.97 Å². The lowest BCUT2D eigenvalue weighted by molar-refractivity contribution is 0.0697. The van der Waals surface area contributed by atoms with Gasteiger partial charge >= 0.3 is 5.97 Å². The molecule has 0 saturated heterocycles. The van der Waals surface area contributed by atoms with Crippen LogP contribution in [0.25, 0.3) is 22.3 Å². The van der Waals surface area contributed by atoms with Crippen molar-refractivity contribution in [3.63, 3.8) is 0 Å². The highest BCUT2D eigenvalue weighted by molar-refractivity contribution is 5.88. The average Bonchev–Trinajstić information content (AvgIpc) is 2.81. The fourth-order valence-corrected chi connectivity index (χ4v) is 3.86. The molecule has 3 aromatic carbocycles. The molecule has 32 heavy (non-hydrogen) atoms. The van der Waals surface area contributed by atoms with Gasteiger partial charge in [0.1, 0.15) is 5.75 Å². The number of benzene rings is 3. The molecule has 2 N–H and O–H groups in total. The van der Waals surface area contributed by atoms with Crippen molar-refractivity contribution >= 4 is 11.7 Å². The molecule has 3 aromatic rings. The smallest absolute Gasteiger partial charge is 0.335 e. The van der Waals surface area contributed by atoms with E-state index in [4.69, 9.17) is 14.9 Å². The molecular formula is C27H31NO4. The van der Waals surface area contributed by atoms with Crippen LogP contribution >= 0.6 is 0 Å². The first-order chi connectivity index (χ1) is 15.5. The quantitative estimate of drug-likeness (QED) is 0.405. The number of hydrogen-bond donors (Lipinski definition) is 2. The molecule has 0 fully saturated rings. The molecule has 0 aliphatic rings. The maximum atomic E-state index is 11.2. The zero-order chi connectivity index (χ0) is 23.1. The molecule has 0 unspecified atom stereocenters. The highest BCUT2D eigenvalue weighted by Crippen LogP contribution is 2.36. The molecule has 0 aliphatic heterocycles. The number of anilines is 1.